The van der Waals surface area contributed by atoms with Gasteiger partial charge in [0.25, 0.3) is 5.91 Å². The minimum absolute atomic E-state index is 0.0962. The number of carbonyl (C=O) groups excluding carboxylic acids is 1. The van der Waals surface area contributed by atoms with Crippen molar-refractivity contribution < 1.29 is 22.4 Å². The molecule has 0 N–H and O–H groups in total. The van der Waals surface area contributed by atoms with Gasteiger partial charge in [-0.1, -0.05) is 26.0 Å². The predicted octanol–water partition coefficient (Wildman–Crippen LogP) is 5.22. The lowest BCUT2D eigenvalue weighted by atomic mass is 9.90. The molecule has 4 rings (SSSR count). The number of rotatable bonds is 3. The highest BCUT2D eigenvalue weighted by Gasteiger charge is 2.45. The Hall–Kier alpha value is -3.23. The van der Waals surface area contributed by atoms with Crippen LogP contribution in [0.25, 0.3) is 5.69 Å². The Labute approximate surface area is 182 Å². The molecule has 9 heteroatoms. The first-order chi connectivity index (χ1) is 15.1. The molecule has 1 amide bonds. The van der Waals surface area contributed by atoms with E-state index in [1.165, 1.54) is 23.1 Å². The summed E-state index contributed by atoms with van der Waals surface area (Å²) < 4.78 is 56.6. The topological polar surface area (TPSA) is 51.0 Å². The largest absolute Gasteiger partial charge is 0.393 e. The maximum atomic E-state index is 14.4. The fraction of sp³-hybridized carbons (Fsp3) is 0.348. The third kappa shape index (κ3) is 3.99. The van der Waals surface area contributed by atoms with E-state index in [1.54, 1.807) is 25.1 Å². The number of fused-ring (bicyclic) bond motifs is 1. The smallest absolute Gasteiger partial charge is 0.307 e. The van der Waals surface area contributed by atoms with Crippen LogP contribution in [0.3, 0.4) is 0 Å². The number of anilines is 1. The number of carbonyl (C=O) groups is 1. The van der Waals surface area contributed by atoms with E-state index >= 15 is 0 Å². The molecule has 1 atom stereocenters. The summed E-state index contributed by atoms with van der Waals surface area (Å²) >= 11 is 0. The Morgan fingerprint density at radius 1 is 1.19 bits per heavy atom. The number of nitrogens with zero attached hydrogens (tertiary/aromatic N) is 4. The first-order valence-electron chi connectivity index (χ1n) is 10.2. The van der Waals surface area contributed by atoms with Crippen molar-refractivity contribution in [2.45, 2.75) is 39.3 Å². The average molecular weight is 446 g/mol. The van der Waals surface area contributed by atoms with E-state index in [9.17, 15) is 22.4 Å². The lowest BCUT2D eigenvalue weighted by Crippen LogP contribution is -2.45. The third-order valence-electron chi connectivity index (χ3n) is 5.69. The van der Waals surface area contributed by atoms with E-state index in [4.69, 9.17) is 0 Å². The standard InChI is InChI=1S/C23H22F4N4O/c1-13(2)21-28-12-31(29-21)16-8-7-14(3)17(10-16)22(32)30-11-15(23(25,26)27)9-18-19(24)5-4-6-20(18)30/h4-8,10,12-13,15H,9,11H2,1-3H3. The van der Waals surface area contributed by atoms with E-state index in [2.05, 4.69) is 10.1 Å². The lowest BCUT2D eigenvalue weighted by Gasteiger charge is -2.36. The van der Waals surface area contributed by atoms with Crippen LogP contribution in [-0.2, 0) is 6.42 Å². The molecule has 1 aliphatic heterocycles. The van der Waals surface area contributed by atoms with Crippen molar-refractivity contribution in [2.75, 3.05) is 11.4 Å². The number of halogens is 4. The summed E-state index contributed by atoms with van der Waals surface area (Å²) in [4.78, 5) is 18.7. The zero-order valence-corrected chi connectivity index (χ0v) is 17.8. The summed E-state index contributed by atoms with van der Waals surface area (Å²) in [6.07, 6.45) is -3.52. The van der Waals surface area contributed by atoms with E-state index in [0.717, 1.165) is 11.0 Å². The molecule has 1 unspecified atom stereocenters. The van der Waals surface area contributed by atoms with Gasteiger partial charge in [-0.2, -0.15) is 18.3 Å². The molecule has 1 aromatic heterocycles. The molecule has 32 heavy (non-hydrogen) atoms. The highest BCUT2D eigenvalue weighted by Crippen LogP contribution is 2.39. The van der Waals surface area contributed by atoms with Gasteiger partial charge >= 0.3 is 6.18 Å². The van der Waals surface area contributed by atoms with E-state index in [1.807, 2.05) is 13.8 Å². The van der Waals surface area contributed by atoms with Gasteiger partial charge in [0.15, 0.2) is 5.82 Å². The molecule has 0 fully saturated rings. The van der Waals surface area contributed by atoms with Crippen LogP contribution in [-0.4, -0.2) is 33.4 Å². The van der Waals surface area contributed by atoms with Crippen molar-refractivity contribution in [2.24, 2.45) is 5.92 Å². The molecule has 0 aliphatic carbocycles. The average Bonchev–Trinajstić information content (AvgIpc) is 3.23. The van der Waals surface area contributed by atoms with E-state index in [0.29, 0.717) is 17.1 Å². The minimum atomic E-state index is -4.55. The normalized spacial score (nSPS) is 16.4. The molecule has 0 bridgehead atoms. The van der Waals surface area contributed by atoms with Crippen LogP contribution in [0, 0.1) is 18.7 Å². The zero-order chi connectivity index (χ0) is 23.2. The van der Waals surface area contributed by atoms with Gasteiger partial charge in [-0.3, -0.25) is 4.79 Å². The van der Waals surface area contributed by atoms with Gasteiger partial charge in [-0.25, -0.2) is 14.1 Å². The summed E-state index contributed by atoms with van der Waals surface area (Å²) in [5.41, 5.74) is 1.45. The maximum absolute atomic E-state index is 14.4. The summed E-state index contributed by atoms with van der Waals surface area (Å²) in [5, 5.41) is 4.40. The highest BCUT2D eigenvalue weighted by molar-refractivity contribution is 6.08. The van der Waals surface area contributed by atoms with Crippen molar-refractivity contribution in [3.05, 3.63) is 71.1 Å². The molecule has 1 aliphatic rings. The second kappa shape index (κ2) is 8.03. The summed E-state index contributed by atoms with van der Waals surface area (Å²) in [5.74, 6) is -2.46. The van der Waals surface area contributed by atoms with Crippen molar-refractivity contribution in [1.29, 1.82) is 0 Å². The van der Waals surface area contributed by atoms with Crippen molar-refractivity contribution in [3.8, 4) is 5.69 Å². The molecule has 0 spiro atoms. The number of benzene rings is 2. The predicted molar refractivity (Wildman–Crippen MR) is 112 cm³/mol. The summed E-state index contributed by atoms with van der Waals surface area (Å²) in [6.45, 7) is 5.04. The third-order valence-corrected chi connectivity index (χ3v) is 5.69. The molecule has 2 aromatic carbocycles. The van der Waals surface area contributed by atoms with Crippen LogP contribution >= 0.6 is 0 Å². The van der Waals surface area contributed by atoms with Crippen LogP contribution in [0.5, 0.6) is 0 Å². The fourth-order valence-electron chi connectivity index (χ4n) is 3.84. The van der Waals surface area contributed by atoms with Crippen molar-refractivity contribution in [1.82, 2.24) is 14.8 Å². The van der Waals surface area contributed by atoms with Gasteiger partial charge in [-0.15, -0.1) is 0 Å². The molecule has 5 nitrogen and oxygen atoms in total. The molecule has 0 saturated carbocycles. The molecular formula is C23H22F4N4O. The van der Waals surface area contributed by atoms with Crippen molar-refractivity contribution >= 4 is 11.6 Å². The highest BCUT2D eigenvalue weighted by atomic mass is 19.4. The van der Waals surface area contributed by atoms with Crippen LogP contribution in [0.4, 0.5) is 23.2 Å². The van der Waals surface area contributed by atoms with Gasteiger partial charge in [0.1, 0.15) is 12.1 Å². The molecule has 2 heterocycles. The molecular weight excluding hydrogens is 424 g/mol. The first kappa shape index (κ1) is 22.0. The van der Waals surface area contributed by atoms with Gasteiger partial charge in [0, 0.05) is 23.6 Å². The van der Waals surface area contributed by atoms with Crippen LogP contribution in [0.2, 0.25) is 0 Å². The molecule has 3 aromatic rings. The maximum Gasteiger partial charge on any atom is 0.393 e. The van der Waals surface area contributed by atoms with Gasteiger partial charge < -0.3 is 4.90 Å². The van der Waals surface area contributed by atoms with Gasteiger partial charge in [0.05, 0.1) is 17.3 Å². The number of amides is 1. The Bertz CT molecular complexity index is 1170. The summed E-state index contributed by atoms with van der Waals surface area (Å²) in [6, 6.07) is 9.03. The minimum Gasteiger partial charge on any atom is -0.307 e. The number of hydrogen-bond donors (Lipinski definition) is 0. The van der Waals surface area contributed by atoms with Gasteiger partial charge in [0.2, 0.25) is 0 Å². The SMILES string of the molecule is Cc1ccc(-n2cnc(C(C)C)n2)cc1C(=O)N1CC(C(F)(F)F)Cc2c(F)cccc21. The second-order valence-electron chi connectivity index (χ2n) is 8.30. The summed E-state index contributed by atoms with van der Waals surface area (Å²) in [7, 11) is 0. The molecule has 168 valence electrons. The Morgan fingerprint density at radius 2 is 1.94 bits per heavy atom. The number of aryl methyl sites for hydroxylation is 1. The van der Waals surface area contributed by atoms with Crippen LogP contribution < -0.4 is 4.90 Å². The number of hydrogen-bond acceptors (Lipinski definition) is 3. The first-order valence-corrected chi connectivity index (χ1v) is 10.2. The number of alkyl halides is 3. The Morgan fingerprint density at radius 3 is 2.59 bits per heavy atom. The number of aromatic nitrogens is 3. The van der Waals surface area contributed by atoms with Gasteiger partial charge in [-0.05, 0) is 43.2 Å². The monoisotopic (exact) mass is 446 g/mol. The van der Waals surface area contributed by atoms with E-state index < -0.39 is 36.8 Å². The van der Waals surface area contributed by atoms with Crippen molar-refractivity contribution in [3.63, 3.8) is 0 Å². The Balaban J connectivity index is 1.76. The zero-order valence-electron chi connectivity index (χ0n) is 17.8. The molecule has 0 saturated heterocycles. The van der Waals surface area contributed by atoms with Crippen LogP contribution in [0.1, 0.15) is 47.1 Å². The second-order valence-corrected chi connectivity index (χ2v) is 8.30. The fourth-order valence-corrected chi connectivity index (χ4v) is 3.84. The Kier molecular flexibility index (Phi) is 5.52. The molecule has 0 radical (unpaired) electrons. The van der Waals surface area contributed by atoms with Crippen LogP contribution in [0.15, 0.2) is 42.7 Å². The van der Waals surface area contributed by atoms with E-state index in [-0.39, 0.29) is 22.7 Å². The lowest BCUT2D eigenvalue weighted by molar-refractivity contribution is -0.172. The quantitative estimate of drug-likeness (QED) is 0.519.